The fourth-order valence-corrected chi connectivity index (χ4v) is 0. The van der Waals surface area contributed by atoms with Crippen LogP contribution in [0.4, 0.5) is 0 Å². The molecule has 0 saturated heterocycles. The van der Waals surface area contributed by atoms with Crippen molar-refractivity contribution in [1.29, 1.82) is 0 Å². The summed E-state index contributed by atoms with van der Waals surface area (Å²) in [4.78, 5) is 0. The Morgan fingerprint density at radius 1 is 1.00 bits per heavy atom. The molecular formula is H2BCaMgO. The molecule has 0 saturated carbocycles. The molecule has 0 unspecified atom stereocenters. The second kappa shape index (κ2) is 19.7. The first-order chi connectivity index (χ1) is 0. The molecule has 0 heterocycles. The molecule has 4 heteroatoms. The van der Waals surface area contributed by atoms with E-state index in [-0.39, 0.29) is 74.7 Å². The van der Waals surface area contributed by atoms with Crippen LogP contribution < -0.4 is 0 Å². The normalized spacial score (nSPS) is 0. The predicted molar refractivity (Wildman–Crippen MR) is 20.9 cm³/mol. The van der Waals surface area contributed by atoms with Gasteiger partial charge in [0.15, 0.2) is 0 Å². The molecule has 0 aliphatic heterocycles. The summed E-state index contributed by atoms with van der Waals surface area (Å²) in [5.74, 6) is 0. The second-order valence-corrected chi connectivity index (χ2v) is 0. The van der Waals surface area contributed by atoms with Crippen molar-refractivity contribution in [3.05, 3.63) is 0 Å². The molecule has 0 atom stereocenters. The van der Waals surface area contributed by atoms with Crippen LogP contribution in [0.25, 0.3) is 0 Å². The number of hydrogen-bond acceptors (Lipinski definition) is 0. The molecule has 0 aliphatic carbocycles. The summed E-state index contributed by atoms with van der Waals surface area (Å²) in [5.41, 5.74) is 0. The Labute approximate surface area is 73.6 Å². The number of rotatable bonds is 0. The Balaban J connectivity index is 0. The molecular weight excluding hydrogens is 91.2 g/mol. The molecule has 0 amide bonds. The van der Waals surface area contributed by atoms with Crippen LogP contribution in [0.1, 0.15) is 0 Å². The van der Waals surface area contributed by atoms with E-state index in [0.29, 0.717) is 0 Å². The molecule has 15 valence electrons. The van der Waals surface area contributed by atoms with Gasteiger partial charge in [-0.25, -0.2) is 0 Å². The average Bonchev–Trinajstić information content (AvgIpc) is 0. The Bertz CT molecular complexity index is 8.00. The summed E-state index contributed by atoms with van der Waals surface area (Å²) in [6, 6.07) is 0. The largest absolute Gasteiger partial charge is 0.412 e. The second-order valence-electron chi connectivity index (χ2n) is 0. The van der Waals surface area contributed by atoms with E-state index >= 15 is 0 Å². The van der Waals surface area contributed by atoms with Crippen molar-refractivity contribution in [2.45, 2.75) is 0 Å². The van der Waals surface area contributed by atoms with E-state index in [1.807, 2.05) is 0 Å². The Morgan fingerprint density at radius 3 is 1.00 bits per heavy atom. The van der Waals surface area contributed by atoms with Gasteiger partial charge in [0.05, 0.1) is 0 Å². The van der Waals surface area contributed by atoms with Gasteiger partial charge in [0, 0.05) is 69.2 Å². The van der Waals surface area contributed by atoms with Crippen molar-refractivity contribution < 1.29 is 5.48 Å². The van der Waals surface area contributed by atoms with Crippen LogP contribution in [-0.4, -0.2) is 74.7 Å². The van der Waals surface area contributed by atoms with Crippen LogP contribution in [0.15, 0.2) is 0 Å². The molecule has 0 aromatic heterocycles. The third-order valence-electron chi connectivity index (χ3n) is 0. The zero-order valence-corrected chi connectivity index (χ0v) is 6.11. The van der Waals surface area contributed by atoms with E-state index in [4.69, 9.17) is 0 Å². The van der Waals surface area contributed by atoms with Crippen LogP contribution in [-0.2, 0) is 0 Å². The average molecular weight is 93.2 g/mol. The maximum atomic E-state index is 0. The SMILES string of the molecule is O.[B].[Ca].[Mg]. The molecule has 0 fully saturated rings. The summed E-state index contributed by atoms with van der Waals surface area (Å²) in [7, 11) is 0. The van der Waals surface area contributed by atoms with E-state index in [1.165, 1.54) is 0 Å². The molecule has 0 aromatic rings. The van der Waals surface area contributed by atoms with Gasteiger partial charge < -0.3 is 5.48 Å². The van der Waals surface area contributed by atoms with E-state index in [9.17, 15) is 0 Å². The fraction of sp³-hybridized carbons (Fsp3) is 0. The zero-order chi connectivity index (χ0) is 0. The monoisotopic (exact) mass is 93.0 g/mol. The topological polar surface area (TPSA) is 31.5 Å². The van der Waals surface area contributed by atoms with Crippen molar-refractivity contribution in [3.8, 4) is 0 Å². The summed E-state index contributed by atoms with van der Waals surface area (Å²) in [6.07, 6.45) is 0. The van der Waals surface area contributed by atoms with E-state index < -0.39 is 0 Å². The Morgan fingerprint density at radius 2 is 1.00 bits per heavy atom. The van der Waals surface area contributed by atoms with Crippen molar-refractivity contribution in [3.63, 3.8) is 0 Å². The molecule has 0 rings (SSSR count). The van der Waals surface area contributed by atoms with Crippen LogP contribution >= 0.6 is 0 Å². The minimum atomic E-state index is 0. The fourth-order valence-electron chi connectivity index (χ4n) is 0. The third kappa shape index (κ3) is 8.96. The van der Waals surface area contributed by atoms with E-state index in [1.54, 1.807) is 0 Å². The Kier molecular flexibility index (Phi) is 181. The maximum absolute atomic E-state index is 0. The van der Waals surface area contributed by atoms with E-state index in [0.717, 1.165) is 0 Å². The van der Waals surface area contributed by atoms with E-state index in [2.05, 4.69) is 0 Å². The standard InChI is InChI=1S/B.Ca.Mg.H2O/h;;;1H2. The van der Waals surface area contributed by atoms with Gasteiger partial charge in [0.25, 0.3) is 0 Å². The summed E-state index contributed by atoms with van der Waals surface area (Å²) >= 11 is 0. The molecule has 7 radical (unpaired) electrons. The van der Waals surface area contributed by atoms with Gasteiger partial charge in [-0.05, 0) is 0 Å². The Hall–Kier alpha value is 2.05. The first-order valence-corrected chi connectivity index (χ1v) is 0. The van der Waals surface area contributed by atoms with Gasteiger partial charge in [-0.1, -0.05) is 0 Å². The van der Waals surface area contributed by atoms with Crippen LogP contribution in [0, 0.1) is 0 Å². The first kappa shape index (κ1) is 36.7. The molecule has 0 aliphatic rings. The van der Waals surface area contributed by atoms with Gasteiger partial charge in [-0.15, -0.1) is 0 Å². The van der Waals surface area contributed by atoms with Crippen LogP contribution in [0.2, 0.25) is 0 Å². The smallest absolute Gasteiger partial charge is 0 e. The number of hydrogen-bond donors (Lipinski definition) is 0. The van der Waals surface area contributed by atoms with Gasteiger partial charge in [-0.3, -0.25) is 0 Å². The zero-order valence-electron chi connectivity index (χ0n) is 2.49. The van der Waals surface area contributed by atoms with Gasteiger partial charge in [0.2, 0.25) is 0 Å². The maximum Gasteiger partial charge on any atom is 0 e. The van der Waals surface area contributed by atoms with Gasteiger partial charge in [0.1, 0.15) is 0 Å². The van der Waals surface area contributed by atoms with Crippen LogP contribution in [0.3, 0.4) is 0 Å². The third-order valence-corrected chi connectivity index (χ3v) is 0. The van der Waals surface area contributed by atoms with Crippen molar-refractivity contribution >= 4 is 69.2 Å². The molecule has 2 N–H and O–H groups in total. The summed E-state index contributed by atoms with van der Waals surface area (Å²) in [6.45, 7) is 0. The van der Waals surface area contributed by atoms with Gasteiger partial charge >= 0.3 is 0 Å². The minimum absolute atomic E-state index is 0. The van der Waals surface area contributed by atoms with Crippen molar-refractivity contribution in [1.82, 2.24) is 0 Å². The van der Waals surface area contributed by atoms with Crippen molar-refractivity contribution in [2.24, 2.45) is 0 Å². The molecule has 0 spiro atoms. The molecule has 1 nitrogen and oxygen atoms in total. The molecule has 0 bridgehead atoms. The predicted octanol–water partition coefficient (Wildman–Crippen LogP) is -1.97. The minimum Gasteiger partial charge on any atom is -0.412 e. The van der Waals surface area contributed by atoms with Gasteiger partial charge in [-0.2, -0.15) is 0 Å². The summed E-state index contributed by atoms with van der Waals surface area (Å²) in [5, 5.41) is 0. The molecule has 4 heavy (non-hydrogen) atoms. The van der Waals surface area contributed by atoms with Crippen molar-refractivity contribution in [2.75, 3.05) is 0 Å². The summed E-state index contributed by atoms with van der Waals surface area (Å²) < 4.78 is 0. The first-order valence-electron chi connectivity index (χ1n) is 0. The van der Waals surface area contributed by atoms with Crippen LogP contribution in [0.5, 0.6) is 0 Å². The molecule has 0 aromatic carbocycles. The quantitative estimate of drug-likeness (QED) is 0.311.